The SMILES string of the molecule is Cc1ccc2c(c1)nc(CCNC(=O)C(O)C(C)(C)O)n2C. The van der Waals surface area contributed by atoms with Crippen LogP contribution >= 0.6 is 0 Å². The number of nitrogens with zero attached hydrogens (tertiary/aromatic N) is 2. The molecular weight excluding hydrogens is 282 g/mol. The molecule has 0 aliphatic rings. The summed E-state index contributed by atoms with van der Waals surface area (Å²) in [7, 11) is 1.94. The number of benzene rings is 1. The lowest BCUT2D eigenvalue weighted by Gasteiger charge is -2.23. The van der Waals surface area contributed by atoms with Crippen LogP contribution in [0.1, 0.15) is 25.2 Å². The van der Waals surface area contributed by atoms with Crippen molar-refractivity contribution < 1.29 is 15.0 Å². The molecule has 6 nitrogen and oxygen atoms in total. The van der Waals surface area contributed by atoms with Gasteiger partial charge in [-0.25, -0.2) is 4.98 Å². The molecule has 0 fully saturated rings. The highest BCUT2D eigenvalue weighted by Gasteiger charge is 2.30. The van der Waals surface area contributed by atoms with Crippen molar-refractivity contribution in [3.05, 3.63) is 29.6 Å². The van der Waals surface area contributed by atoms with Crippen molar-refractivity contribution in [3.63, 3.8) is 0 Å². The summed E-state index contributed by atoms with van der Waals surface area (Å²) in [6, 6.07) is 6.09. The average Bonchev–Trinajstić information content (AvgIpc) is 2.73. The van der Waals surface area contributed by atoms with Crippen LogP contribution < -0.4 is 5.32 Å². The normalized spacial score (nSPS) is 13.4. The fourth-order valence-corrected chi connectivity index (χ4v) is 2.30. The molecule has 0 spiro atoms. The largest absolute Gasteiger partial charge is 0.387 e. The highest BCUT2D eigenvalue weighted by molar-refractivity contribution is 5.81. The maximum Gasteiger partial charge on any atom is 0.251 e. The van der Waals surface area contributed by atoms with Crippen LogP contribution in [0.2, 0.25) is 0 Å². The number of aliphatic hydroxyl groups excluding tert-OH is 1. The Kier molecular flexibility index (Phi) is 4.53. The molecule has 6 heteroatoms. The predicted octanol–water partition coefficient (Wildman–Crippen LogP) is 0.672. The molecule has 120 valence electrons. The molecule has 0 aliphatic heterocycles. The van der Waals surface area contributed by atoms with Crippen LogP contribution in [-0.4, -0.2) is 43.9 Å². The maximum atomic E-state index is 11.7. The minimum atomic E-state index is -1.46. The first-order valence-electron chi connectivity index (χ1n) is 7.30. The summed E-state index contributed by atoms with van der Waals surface area (Å²) in [5, 5.41) is 21.9. The molecule has 1 unspecified atom stereocenters. The molecule has 1 aromatic carbocycles. The first kappa shape index (κ1) is 16.5. The molecule has 0 radical (unpaired) electrons. The van der Waals surface area contributed by atoms with E-state index in [2.05, 4.69) is 10.3 Å². The van der Waals surface area contributed by atoms with Crippen molar-refractivity contribution in [1.29, 1.82) is 0 Å². The van der Waals surface area contributed by atoms with E-state index in [1.54, 1.807) is 0 Å². The minimum Gasteiger partial charge on any atom is -0.387 e. The van der Waals surface area contributed by atoms with Crippen LogP contribution in [0.4, 0.5) is 0 Å². The number of rotatable bonds is 5. The lowest BCUT2D eigenvalue weighted by atomic mass is 10.0. The summed E-state index contributed by atoms with van der Waals surface area (Å²) >= 11 is 0. The topological polar surface area (TPSA) is 87.4 Å². The summed E-state index contributed by atoms with van der Waals surface area (Å²) in [4.78, 5) is 16.3. The van der Waals surface area contributed by atoms with Gasteiger partial charge in [0.1, 0.15) is 5.82 Å². The fraction of sp³-hybridized carbons (Fsp3) is 0.500. The molecule has 1 atom stereocenters. The Hall–Kier alpha value is -1.92. The van der Waals surface area contributed by atoms with Gasteiger partial charge in [-0.1, -0.05) is 6.07 Å². The second-order valence-electron chi connectivity index (χ2n) is 6.18. The molecule has 1 amide bonds. The Balaban J connectivity index is 2.01. The van der Waals surface area contributed by atoms with Gasteiger partial charge in [0, 0.05) is 20.0 Å². The molecule has 3 N–H and O–H groups in total. The first-order chi connectivity index (χ1) is 10.2. The third-order valence-electron chi connectivity index (χ3n) is 3.69. The second kappa shape index (κ2) is 6.06. The Bertz CT molecular complexity index is 686. The summed E-state index contributed by atoms with van der Waals surface area (Å²) in [6.07, 6.45) is -0.898. The van der Waals surface area contributed by atoms with Crippen LogP contribution in [0.25, 0.3) is 11.0 Å². The number of aliphatic hydroxyl groups is 2. The number of carbonyl (C=O) groups is 1. The van der Waals surface area contributed by atoms with E-state index in [1.807, 2.05) is 36.7 Å². The molecule has 22 heavy (non-hydrogen) atoms. The standard InChI is InChI=1S/C16H23N3O3/c1-10-5-6-12-11(9-10)18-13(19(12)4)7-8-17-15(21)14(20)16(2,3)22/h5-6,9,14,20,22H,7-8H2,1-4H3,(H,17,21). The number of fused-ring (bicyclic) bond motifs is 1. The molecular formula is C16H23N3O3. The van der Waals surface area contributed by atoms with E-state index in [1.165, 1.54) is 13.8 Å². The number of amides is 1. The van der Waals surface area contributed by atoms with Crippen molar-refractivity contribution in [1.82, 2.24) is 14.9 Å². The minimum absolute atomic E-state index is 0.349. The van der Waals surface area contributed by atoms with Gasteiger partial charge in [0.2, 0.25) is 0 Å². The zero-order valence-corrected chi connectivity index (χ0v) is 13.4. The van der Waals surface area contributed by atoms with Crippen molar-refractivity contribution in [2.75, 3.05) is 6.54 Å². The molecule has 2 aromatic rings. The van der Waals surface area contributed by atoms with E-state index in [0.29, 0.717) is 13.0 Å². The van der Waals surface area contributed by atoms with Gasteiger partial charge in [0.25, 0.3) is 5.91 Å². The van der Waals surface area contributed by atoms with Gasteiger partial charge in [0.15, 0.2) is 6.10 Å². The van der Waals surface area contributed by atoms with Gasteiger partial charge in [-0.15, -0.1) is 0 Å². The Morgan fingerprint density at radius 1 is 1.45 bits per heavy atom. The third-order valence-corrected chi connectivity index (χ3v) is 3.69. The number of imidazole rings is 1. The molecule has 1 heterocycles. The van der Waals surface area contributed by atoms with Crippen LogP contribution in [0.5, 0.6) is 0 Å². The number of hydrogen-bond donors (Lipinski definition) is 3. The third kappa shape index (κ3) is 3.45. The monoisotopic (exact) mass is 305 g/mol. The molecule has 0 saturated heterocycles. The first-order valence-corrected chi connectivity index (χ1v) is 7.30. The van der Waals surface area contributed by atoms with Crippen molar-refractivity contribution in [2.24, 2.45) is 7.05 Å². The Morgan fingerprint density at radius 3 is 2.77 bits per heavy atom. The molecule has 0 bridgehead atoms. The van der Waals surface area contributed by atoms with Crippen molar-refractivity contribution in [3.8, 4) is 0 Å². The smallest absolute Gasteiger partial charge is 0.251 e. The van der Waals surface area contributed by atoms with Crippen molar-refractivity contribution in [2.45, 2.75) is 38.9 Å². The number of aryl methyl sites for hydroxylation is 2. The van der Waals surface area contributed by atoms with E-state index in [0.717, 1.165) is 22.4 Å². The van der Waals surface area contributed by atoms with E-state index in [4.69, 9.17) is 0 Å². The van der Waals surface area contributed by atoms with Gasteiger partial charge in [0.05, 0.1) is 16.6 Å². The van der Waals surface area contributed by atoms with Crippen LogP contribution in [0, 0.1) is 6.92 Å². The van der Waals surface area contributed by atoms with Crippen LogP contribution in [0.3, 0.4) is 0 Å². The van der Waals surface area contributed by atoms with Gasteiger partial charge < -0.3 is 20.1 Å². The Labute approximate surface area is 129 Å². The molecule has 2 rings (SSSR count). The lowest BCUT2D eigenvalue weighted by Crippen LogP contribution is -2.48. The molecule has 0 saturated carbocycles. The number of carbonyl (C=O) groups excluding carboxylic acids is 1. The highest BCUT2D eigenvalue weighted by Crippen LogP contribution is 2.16. The maximum absolute atomic E-state index is 11.7. The van der Waals surface area contributed by atoms with Gasteiger partial charge >= 0.3 is 0 Å². The van der Waals surface area contributed by atoms with Crippen LogP contribution in [0.15, 0.2) is 18.2 Å². The van der Waals surface area contributed by atoms with E-state index >= 15 is 0 Å². The quantitative estimate of drug-likeness (QED) is 0.758. The van der Waals surface area contributed by atoms with E-state index in [-0.39, 0.29) is 0 Å². The average molecular weight is 305 g/mol. The number of hydrogen-bond acceptors (Lipinski definition) is 4. The lowest BCUT2D eigenvalue weighted by molar-refractivity contribution is -0.141. The second-order valence-corrected chi connectivity index (χ2v) is 6.18. The van der Waals surface area contributed by atoms with Gasteiger partial charge in [-0.05, 0) is 38.5 Å². The summed E-state index contributed by atoms with van der Waals surface area (Å²) in [5.41, 5.74) is 1.67. The molecule has 1 aromatic heterocycles. The number of aromatic nitrogens is 2. The summed E-state index contributed by atoms with van der Waals surface area (Å²) < 4.78 is 1.99. The summed E-state index contributed by atoms with van der Waals surface area (Å²) in [5.74, 6) is 0.278. The van der Waals surface area contributed by atoms with Crippen molar-refractivity contribution >= 4 is 16.9 Å². The molecule has 0 aliphatic carbocycles. The summed E-state index contributed by atoms with van der Waals surface area (Å²) in [6.45, 7) is 5.16. The number of nitrogens with one attached hydrogen (secondary N) is 1. The zero-order valence-electron chi connectivity index (χ0n) is 13.4. The van der Waals surface area contributed by atoms with Gasteiger partial charge in [-0.2, -0.15) is 0 Å². The Morgan fingerprint density at radius 2 is 2.14 bits per heavy atom. The van der Waals surface area contributed by atoms with E-state index in [9.17, 15) is 15.0 Å². The van der Waals surface area contributed by atoms with E-state index < -0.39 is 17.6 Å². The predicted molar refractivity (Wildman–Crippen MR) is 84.5 cm³/mol. The zero-order chi connectivity index (χ0) is 16.5. The van der Waals surface area contributed by atoms with Crippen LogP contribution in [-0.2, 0) is 18.3 Å². The fourth-order valence-electron chi connectivity index (χ4n) is 2.30. The van der Waals surface area contributed by atoms with Gasteiger partial charge in [-0.3, -0.25) is 4.79 Å². The highest BCUT2D eigenvalue weighted by atomic mass is 16.3.